The number of rotatable bonds is 8. The smallest absolute Gasteiger partial charge is 0.261 e. The lowest BCUT2D eigenvalue weighted by molar-refractivity contribution is -0.142. The van der Waals surface area contributed by atoms with Crippen molar-refractivity contribution in [1.29, 1.82) is 0 Å². The molecule has 0 aliphatic heterocycles. The van der Waals surface area contributed by atoms with Crippen molar-refractivity contribution in [1.82, 2.24) is 10.2 Å². The molecule has 0 unspecified atom stereocenters. The Balaban J connectivity index is 2.10. The van der Waals surface area contributed by atoms with Crippen molar-refractivity contribution in [3.05, 3.63) is 65.2 Å². The van der Waals surface area contributed by atoms with Gasteiger partial charge in [0.2, 0.25) is 5.91 Å². The molecule has 0 heterocycles. The zero-order chi connectivity index (χ0) is 20.7. The molecule has 0 radical (unpaired) electrons. The van der Waals surface area contributed by atoms with Crippen LogP contribution in [0.3, 0.4) is 0 Å². The van der Waals surface area contributed by atoms with Crippen LogP contribution in [0.25, 0.3) is 0 Å². The average molecular weight is 383 g/mol. The van der Waals surface area contributed by atoms with E-state index in [0.717, 1.165) is 11.1 Å². The van der Waals surface area contributed by atoms with E-state index in [2.05, 4.69) is 19.2 Å². The number of hydrogen-bond donors (Lipinski definition) is 1. The lowest BCUT2D eigenvalue weighted by atomic mass is 10.0. The van der Waals surface area contributed by atoms with Gasteiger partial charge in [-0.2, -0.15) is 0 Å². The summed E-state index contributed by atoms with van der Waals surface area (Å²) >= 11 is 0. The molecule has 0 spiro atoms. The standard InChI is InChI=1S/C23H30N2O3/c1-16(2)20-9-11-21(12-10-20)28-15-22(26)25(18(4)23(27)24-5)14-19-8-6-7-17(3)13-19/h6-13,16,18H,14-15H2,1-5H3,(H,24,27)/t18-/m1/s1. The van der Waals surface area contributed by atoms with Gasteiger partial charge in [0.1, 0.15) is 11.8 Å². The third kappa shape index (κ3) is 5.84. The van der Waals surface area contributed by atoms with Gasteiger partial charge in [-0.1, -0.05) is 55.8 Å². The number of nitrogens with one attached hydrogen (secondary N) is 1. The Morgan fingerprint density at radius 3 is 2.32 bits per heavy atom. The van der Waals surface area contributed by atoms with Crippen LogP contribution in [-0.2, 0) is 16.1 Å². The molecule has 28 heavy (non-hydrogen) atoms. The summed E-state index contributed by atoms with van der Waals surface area (Å²) in [4.78, 5) is 26.6. The first-order valence-electron chi connectivity index (χ1n) is 9.61. The summed E-state index contributed by atoms with van der Waals surface area (Å²) in [6.45, 7) is 8.22. The molecule has 0 bridgehead atoms. The number of ether oxygens (including phenoxy) is 1. The molecule has 0 saturated heterocycles. The van der Waals surface area contributed by atoms with E-state index in [9.17, 15) is 9.59 Å². The summed E-state index contributed by atoms with van der Waals surface area (Å²) in [5.74, 6) is 0.641. The Bertz CT molecular complexity index is 800. The zero-order valence-electron chi connectivity index (χ0n) is 17.4. The summed E-state index contributed by atoms with van der Waals surface area (Å²) in [5.41, 5.74) is 3.30. The number of aryl methyl sites for hydroxylation is 1. The highest BCUT2D eigenvalue weighted by molar-refractivity contribution is 5.87. The molecule has 2 amide bonds. The Morgan fingerprint density at radius 2 is 1.75 bits per heavy atom. The lowest BCUT2D eigenvalue weighted by Crippen LogP contribution is -2.48. The Labute approximate surface area is 167 Å². The topological polar surface area (TPSA) is 58.6 Å². The number of carbonyl (C=O) groups excluding carboxylic acids is 2. The fraction of sp³-hybridized carbons (Fsp3) is 0.391. The van der Waals surface area contributed by atoms with Crippen LogP contribution in [0.15, 0.2) is 48.5 Å². The van der Waals surface area contributed by atoms with E-state index in [4.69, 9.17) is 4.74 Å². The van der Waals surface area contributed by atoms with Crippen LogP contribution in [0.4, 0.5) is 0 Å². The molecule has 2 rings (SSSR count). The van der Waals surface area contributed by atoms with Gasteiger partial charge >= 0.3 is 0 Å². The van der Waals surface area contributed by atoms with E-state index in [-0.39, 0.29) is 18.4 Å². The van der Waals surface area contributed by atoms with Gasteiger partial charge in [0.15, 0.2) is 6.61 Å². The molecule has 5 heteroatoms. The highest BCUT2D eigenvalue weighted by atomic mass is 16.5. The van der Waals surface area contributed by atoms with Crippen molar-refractivity contribution in [3.8, 4) is 5.75 Å². The number of nitrogens with zero attached hydrogens (tertiary/aromatic N) is 1. The summed E-state index contributed by atoms with van der Waals surface area (Å²) in [7, 11) is 1.57. The minimum absolute atomic E-state index is 0.117. The second kappa shape index (κ2) is 9.93. The molecule has 0 aliphatic rings. The third-order valence-corrected chi connectivity index (χ3v) is 4.76. The molecule has 0 fully saturated rings. The molecular weight excluding hydrogens is 352 g/mol. The molecule has 150 valence electrons. The molecule has 2 aromatic rings. The number of benzene rings is 2. The van der Waals surface area contributed by atoms with Gasteiger partial charge in [-0.15, -0.1) is 0 Å². The minimum atomic E-state index is -0.593. The predicted molar refractivity (Wildman–Crippen MR) is 111 cm³/mol. The second-order valence-electron chi connectivity index (χ2n) is 7.31. The first-order chi connectivity index (χ1) is 13.3. The SMILES string of the molecule is CNC(=O)[C@@H](C)N(Cc1cccc(C)c1)C(=O)COc1ccc(C(C)C)cc1. The summed E-state index contributed by atoms with van der Waals surface area (Å²) in [5, 5.41) is 2.61. The quantitative estimate of drug-likeness (QED) is 0.758. The summed E-state index contributed by atoms with van der Waals surface area (Å²) < 4.78 is 5.69. The van der Waals surface area contributed by atoms with Crippen molar-refractivity contribution in [2.45, 2.75) is 46.2 Å². The second-order valence-corrected chi connectivity index (χ2v) is 7.31. The van der Waals surface area contributed by atoms with Gasteiger partial charge in [-0.25, -0.2) is 0 Å². The van der Waals surface area contributed by atoms with Crippen LogP contribution < -0.4 is 10.1 Å². The molecule has 0 aromatic heterocycles. The Hall–Kier alpha value is -2.82. The first-order valence-corrected chi connectivity index (χ1v) is 9.61. The van der Waals surface area contributed by atoms with Crippen molar-refractivity contribution in [3.63, 3.8) is 0 Å². The van der Waals surface area contributed by atoms with Gasteiger partial charge in [-0.05, 0) is 43.0 Å². The maximum absolute atomic E-state index is 12.9. The molecule has 1 N–H and O–H groups in total. The van der Waals surface area contributed by atoms with Crippen LogP contribution in [0.5, 0.6) is 5.75 Å². The van der Waals surface area contributed by atoms with E-state index < -0.39 is 6.04 Å². The van der Waals surface area contributed by atoms with Gasteiger partial charge in [0.25, 0.3) is 5.91 Å². The number of amides is 2. The highest BCUT2D eigenvalue weighted by Gasteiger charge is 2.25. The van der Waals surface area contributed by atoms with E-state index in [1.807, 2.05) is 55.5 Å². The fourth-order valence-corrected chi connectivity index (χ4v) is 2.98. The van der Waals surface area contributed by atoms with E-state index in [1.54, 1.807) is 18.9 Å². The van der Waals surface area contributed by atoms with Crippen LogP contribution in [0.1, 0.15) is 43.4 Å². The van der Waals surface area contributed by atoms with E-state index in [1.165, 1.54) is 5.56 Å². The molecule has 2 aromatic carbocycles. The highest BCUT2D eigenvalue weighted by Crippen LogP contribution is 2.19. The van der Waals surface area contributed by atoms with Crippen LogP contribution in [-0.4, -0.2) is 36.4 Å². The molecule has 0 aliphatic carbocycles. The van der Waals surface area contributed by atoms with Gasteiger partial charge in [0.05, 0.1) is 0 Å². The van der Waals surface area contributed by atoms with E-state index >= 15 is 0 Å². The van der Waals surface area contributed by atoms with Crippen molar-refractivity contribution >= 4 is 11.8 Å². The van der Waals surface area contributed by atoms with Crippen molar-refractivity contribution in [2.24, 2.45) is 0 Å². The van der Waals surface area contributed by atoms with Crippen molar-refractivity contribution in [2.75, 3.05) is 13.7 Å². The number of likely N-dealkylation sites (N-methyl/N-ethyl adjacent to an activating group) is 1. The summed E-state index contributed by atoms with van der Waals surface area (Å²) in [6, 6.07) is 15.1. The Morgan fingerprint density at radius 1 is 1.07 bits per heavy atom. The number of carbonyl (C=O) groups is 2. The Kier molecular flexibility index (Phi) is 7.61. The average Bonchev–Trinajstić information content (AvgIpc) is 2.69. The molecule has 1 atom stereocenters. The molecule has 5 nitrogen and oxygen atoms in total. The minimum Gasteiger partial charge on any atom is -0.484 e. The van der Waals surface area contributed by atoms with Crippen LogP contribution >= 0.6 is 0 Å². The molecule has 0 saturated carbocycles. The first kappa shape index (κ1) is 21.5. The van der Waals surface area contributed by atoms with Gasteiger partial charge in [0, 0.05) is 13.6 Å². The monoisotopic (exact) mass is 382 g/mol. The lowest BCUT2D eigenvalue weighted by Gasteiger charge is -2.28. The van der Waals surface area contributed by atoms with E-state index in [0.29, 0.717) is 18.2 Å². The third-order valence-electron chi connectivity index (χ3n) is 4.76. The predicted octanol–water partition coefficient (Wildman–Crippen LogP) is 3.66. The van der Waals surface area contributed by atoms with Crippen molar-refractivity contribution < 1.29 is 14.3 Å². The van der Waals surface area contributed by atoms with Crippen LogP contribution in [0, 0.1) is 6.92 Å². The van der Waals surface area contributed by atoms with Gasteiger partial charge < -0.3 is 15.0 Å². The normalized spacial score (nSPS) is 11.8. The zero-order valence-corrected chi connectivity index (χ0v) is 17.4. The summed E-state index contributed by atoms with van der Waals surface area (Å²) in [6.07, 6.45) is 0. The number of hydrogen-bond acceptors (Lipinski definition) is 3. The molecular formula is C23H30N2O3. The van der Waals surface area contributed by atoms with Gasteiger partial charge in [-0.3, -0.25) is 9.59 Å². The maximum atomic E-state index is 12.9. The largest absolute Gasteiger partial charge is 0.484 e. The fourth-order valence-electron chi connectivity index (χ4n) is 2.98. The maximum Gasteiger partial charge on any atom is 0.261 e. The van der Waals surface area contributed by atoms with Crippen LogP contribution in [0.2, 0.25) is 0 Å².